The number of hydrogen-bond donors (Lipinski definition) is 0. The van der Waals surface area contributed by atoms with E-state index in [2.05, 4.69) is 36.2 Å². The highest BCUT2D eigenvalue weighted by molar-refractivity contribution is 9.10. The number of alkyl halides is 3. The summed E-state index contributed by atoms with van der Waals surface area (Å²) in [6.07, 6.45) is -4.57. The maximum Gasteiger partial charge on any atom is 0.436 e. The molecule has 0 saturated carbocycles. The smallest absolute Gasteiger partial charge is 0.417 e. The van der Waals surface area contributed by atoms with E-state index < -0.39 is 17.9 Å². The van der Waals surface area contributed by atoms with Crippen molar-refractivity contribution in [2.75, 3.05) is 0 Å². The largest absolute Gasteiger partial charge is 0.436 e. The summed E-state index contributed by atoms with van der Waals surface area (Å²) in [7, 11) is 0. The number of benzene rings is 1. The van der Waals surface area contributed by atoms with Gasteiger partial charge in [0.05, 0.1) is 15.7 Å². The average Bonchev–Trinajstić information content (AvgIpc) is 3.26. The van der Waals surface area contributed by atoms with Gasteiger partial charge in [-0.3, -0.25) is 4.68 Å². The highest BCUT2D eigenvalue weighted by atomic mass is 79.9. The zero-order valence-electron chi connectivity index (χ0n) is 15.6. The predicted molar refractivity (Wildman–Crippen MR) is 103 cm³/mol. The van der Waals surface area contributed by atoms with E-state index >= 15 is 0 Å². The molecule has 10 heteroatoms. The van der Waals surface area contributed by atoms with Crippen molar-refractivity contribution in [3.8, 4) is 11.6 Å². The zero-order chi connectivity index (χ0) is 20.9. The first kappa shape index (κ1) is 19.6. The van der Waals surface area contributed by atoms with Crippen LogP contribution in [0.15, 0.2) is 39.2 Å². The van der Waals surface area contributed by atoms with E-state index in [9.17, 15) is 13.2 Å². The number of rotatable bonds is 3. The highest BCUT2D eigenvalue weighted by Crippen LogP contribution is 2.37. The first-order valence-corrected chi connectivity index (χ1v) is 9.47. The van der Waals surface area contributed by atoms with Gasteiger partial charge in [0.2, 0.25) is 5.89 Å². The lowest BCUT2D eigenvalue weighted by Crippen LogP contribution is -2.13. The second kappa shape index (κ2) is 6.94. The molecular weight excluding hydrogens is 451 g/mol. The molecule has 6 nitrogen and oxygen atoms in total. The van der Waals surface area contributed by atoms with Crippen molar-refractivity contribution in [3.63, 3.8) is 0 Å². The fourth-order valence-electron chi connectivity index (χ4n) is 3.03. The first-order valence-electron chi connectivity index (χ1n) is 8.68. The van der Waals surface area contributed by atoms with E-state index in [0.717, 1.165) is 16.5 Å². The first-order chi connectivity index (χ1) is 13.6. The molecule has 0 bridgehead atoms. The second-order valence-corrected chi connectivity index (χ2v) is 7.50. The van der Waals surface area contributed by atoms with Gasteiger partial charge in [0.15, 0.2) is 5.69 Å². The standard InChI is InChI=1S/C19H15BrF3N5O/c1-9-4-6-13-12(8-9)5-7-14(24-13)18-26-25-17(29-18)11(3)28-10(2)15(20)16(27-28)19(21,22)23/h4-8,11H,1-3H3. The summed E-state index contributed by atoms with van der Waals surface area (Å²) in [4.78, 5) is 4.53. The summed E-state index contributed by atoms with van der Waals surface area (Å²) < 4.78 is 46.2. The van der Waals surface area contributed by atoms with E-state index in [1.807, 2.05) is 31.2 Å². The third-order valence-electron chi connectivity index (χ3n) is 4.57. The third-order valence-corrected chi connectivity index (χ3v) is 5.52. The molecule has 0 fully saturated rings. The van der Waals surface area contributed by atoms with Crippen LogP contribution in [-0.2, 0) is 6.18 Å². The Balaban J connectivity index is 1.68. The molecule has 0 aliphatic rings. The summed E-state index contributed by atoms with van der Waals surface area (Å²) in [6, 6.07) is 8.86. The molecule has 0 aliphatic heterocycles. The van der Waals surface area contributed by atoms with Crippen LogP contribution in [0.1, 0.15) is 35.8 Å². The normalized spacial score (nSPS) is 13.2. The molecule has 1 aromatic carbocycles. The summed E-state index contributed by atoms with van der Waals surface area (Å²) in [5.41, 5.74) is 1.71. The Morgan fingerprint density at radius 3 is 2.55 bits per heavy atom. The molecule has 0 amide bonds. The van der Waals surface area contributed by atoms with Gasteiger partial charge in [-0.1, -0.05) is 17.7 Å². The van der Waals surface area contributed by atoms with Gasteiger partial charge in [-0.2, -0.15) is 18.3 Å². The number of hydrogen-bond acceptors (Lipinski definition) is 5. The molecule has 0 spiro atoms. The number of aromatic nitrogens is 5. The molecule has 0 radical (unpaired) electrons. The van der Waals surface area contributed by atoms with E-state index in [-0.39, 0.29) is 16.3 Å². The van der Waals surface area contributed by atoms with Crippen LogP contribution in [0.2, 0.25) is 0 Å². The fourth-order valence-corrected chi connectivity index (χ4v) is 3.52. The minimum Gasteiger partial charge on any atom is -0.417 e. The van der Waals surface area contributed by atoms with Crippen LogP contribution in [0.4, 0.5) is 13.2 Å². The number of aryl methyl sites for hydroxylation is 1. The monoisotopic (exact) mass is 465 g/mol. The summed E-state index contributed by atoms with van der Waals surface area (Å²) >= 11 is 2.97. The van der Waals surface area contributed by atoms with Crippen LogP contribution in [-0.4, -0.2) is 25.0 Å². The van der Waals surface area contributed by atoms with Crippen LogP contribution in [0.3, 0.4) is 0 Å². The summed E-state index contributed by atoms with van der Waals surface area (Å²) in [5, 5.41) is 12.7. The molecule has 150 valence electrons. The van der Waals surface area contributed by atoms with Gasteiger partial charge in [-0.15, -0.1) is 10.2 Å². The lowest BCUT2D eigenvalue weighted by Gasteiger charge is -2.09. The number of fused-ring (bicyclic) bond motifs is 1. The highest BCUT2D eigenvalue weighted by Gasteiger charge is 2.39. The van der Waals surface area contributed by atoms with E-state index in [1.54, 1.807) is 13.0 Å². The molecule has 0 N–H and O–H groups in total. The molecule has 1 unspecified atom stereocenters. The van der Waals surface area contributed by atoms with Crippen LogP contribution in [0.25, 0.3) is 22.5 Å². The third kappa shape index (κ3) is 3.52. The molecule has 0 saturated heterocycles. The molecular formula is C19H15BrF3N5O. The SMILES string of the molecule is Cc1ccc2nc(-c3nnc(C(C)n4nc(C(F)(F)F)c(Br)c4C)o3)ccc2c1. The average molecular weight is 466 g/mol. The van der Waals surface area contributed by atoms with Crippen LogP contribution < -0.4 is 0 Å². The molecule has 1 atom stereocenters. The van der Waals surface area contributed by atoms with Crippen molar-refractivity contribution in [2.45, 2.75) is 33.0 Å². The Morgan fingerprint density at radius 1 is 1.10 bits per heavy atom. The lowest BCUT2D eigenvalue weighted by atomic mass is 10.1. The van der Waals surface area contributed by atoms with Crippen LogP contribution in [0.5, 0.6) is 0 Å². The van der Waals surface area contributed by atoms with Crippen LogP contribution in [0, 0.1) is 13.8 Å². The van der Waals surface area contributed by atoms with Crippen molar-refractivity contribution < 1.29 is 17.6 Å². The minimum absolute atomic E-state index is 0.108. The van der Waals surface area contributed by atoms with E-state index in [1.165, 1.54) is 11.6 Å². The van der Waals surface area contributed by atoms with Gasteiger partial charge in [0, 0.05) is 5.39 Å². The number of nitrogens with zero attached hydrogens (tertiary/aromatic N) is 5. The summed E-state index contributed by atoms with van der Waals surface area (Å²) in [6.45, 7) is 5.17. The van der Waals surface area contributed by atoms with Crippen molar-refractivity contribution >= 4 is 26.8 Å². The Morgan fingerprint density at radius 2 is 1.86 bits per heavy atom. The van der Waals surface area contributed by atoms with Gasteiger partial charge in [0.25, 0.3) is 5.89 Å². The Labute approximate surface area is 171 Å². The summed E-state index contributed by atoms with van der Waals surface area (Å²) in [5.74, 6) is 0.326. The van der Waals surface area contributed by atoms with E-state index in [0.29, 0.717) is 11.4 Å². The van der Waals surface area contributed by atoms with Crippen molar-refractivity contribution in [1.29, 1.82) is 0 Å². The Hall–Kier alpha value is -2.75. The molecule has 0 aliphatic carbocycles. The van der Waals surface area contributed by atoms with Crippen LogP contribution >= 0.6 is 15.9 Å². The van der Waals surface area contributed by atoms with Crippen molar-refractivity contribution in [3.05, 3.63) is 57.6 Å². The molecule has 4 rings (SSSR count). The maximum absolute atomic E-state index is 13.1. The van der Waals surface area contributed by atoms with Crippen molar-refractivity contribution in [2.24, 2.45) is 0 Å². The Kier molecular flexibility index (Phi) is 4.68. The number of halogens is 4. The second-order valence-electron chi connectivity index (χ2n) is 6.70. The van der Waals surface area contributed by atoms with Gasteiger partial charge in [-0.25, -0.2) is 4.98 Å². The zero-order valence-corrected chi connectivity index (χ0v) is 17.2. The van der Waals surface area contributed by atoms with E-state index in [4.69, 9.17) is 4.42 Å². The quantitative estimate of drug-likeness (QED) is 0.400. The van der Waals surface area contributed by atoms with Gasteiger partial charge >= 0.3 is 6.18 Å². The molecule has 4 aromatic rings. The van der Waals surface area contributed by atoms with Crippen molar-refractivity contribution in [1.82, 2.24) is 25.0 Å². The lowest BCUT2D eigenvalue weighted by molar-refractivity contribution is -0.142. The Bertz CT molecular complexity index is 1210. The minimum atomic E-state index is -4.57. The molecule has 29 heavy (non-hydrogen) atoms. The van der Waals surface area contributed by atoms with Gasteiger partial charge in [0.1, 0.15) is 11.7 Å². The topological polar surface area (TPSA) is 69.6 Å². The maximum atomic E-state index is 13.1. The van der Waals surface area contributed by atoms with Gasteiger partial charge in [-0.05, 0) is 54.9 Å². The van der Waals surface area contributed by atoms with Gasteiger partial charge < -0.3 is 4.42 Å². The molecule has 3 heterocycles. The number of pyridine rings is 1. The predicted octanol–water partition coefficient (Wildman–Crippen LogP) is 5.49. The molecule has 3 aromatic heterocycles. The fraction of sp³-hybridized carbons (Fsp3) is 0.263.